The molecule has 0 aliphatic carbocycles. The molecule has 2 aromatic rings. The third kappa shape index (κ3) is 4.83. The zero-order chi connectivity index (χ0) is 20.9. The Morgan fingerprint density at radius 2 is 1.67 bits per heavy atom. The third-order valence-electron chi connectivity index (χ3n) is 5.49. The van der Waals surface area contributed by atoms with Gasteiger partial charge in [0.2, 0.25) is 5.95 Å². The van der Waals surface area contributed by atoms with E-state index in [9.17, 15) is 13.6 Å². The molecule has 30 heavy (non-hydrogen) atoms. The number of carbonyl (C=O) groups is 1. The van der Waals surface area contributed by atoms with Crippen LogP contribution in [0, 0.1) is 0 Å². The van der Waals surface area contributed by atoms with Gasteiger partial charge in [0.15, 0.2) is 0 Å². The van der Waals surface area contributed by atoms with Gasteiger partial charge in [0, 0.05) is 50.4 Å². The number of amides is 1. The number of benzene rings is 1. The fourth-order valence-corrected chi connectivity index (χ4v) is 4.54. The number of rotatable bonds is 5. The first-order chi connectivity index (χ1) is 14.6. The summed E-state index contributed by atoms with van der Waals surface area (Å²) in [5.74, 6) is -1.12. The van der Waals surface area contributed by atoms with Crippen molar-refractivity contribution in [1.29, 1.82) is 0 Å². The largest absolute Gasteiger partial charge is 0.353 e. The van der Waals surface area contributed by atoms with Crippen LogP contribution in [0.4, 0.5) is 20.5 Å². The van der Waals surface area contributed by atoms with E-state index >= 15 is 0 Å². The second-order valence-corrected chi connectivity index (χ2v) is 8.45. The van der Waals surface area contributed by atoms with Crippen LogP contribution in [0.5, 0.6) is 0 Å². The predicted octanol–water partition coefficient (Wildman–Crippen LogP) is 3.74. The Kier molecular flexibility index (Phi) is 6.66. The molecule has 2 saturated heterocycles. The van der Waals surface area contributed by atoms with E-state index in [4.69, 9.17) is 4.98 Å². The van der Waals surface area contributed by atoms with Gasteiger partial charge in [-0.2, -0.15) is 13.8 Å². The van der Waals surface area contributed by atoms with Gasteiger partial charge in [-0.1, -0.05) is 23.9 Å². The smallest absolute Gasteiger partial charge is 0.288 e. The first kappa shape index (κ1) is 20.8. The fourth-order valence-electron chi connectivity index (χ4n) is 3.91. The van der Waals surface area contributed by atoms with E-state index in [2.05, 4.69) is 14.8 Å². The number of carbonyl (C=O) groups excluding carboxylic acids is 1. The highest BCUT2D eigenvalue weighted by Crippen LogP contribution is 2.29. The molecule has 0 atom stereocenters. The van der Waals surface area contributed by atoms with Gasteiger partial charge in [0.25, 0.3) is 11.7 Å². The van der Waals surface area contributed by atoms with Gasteiger partial charge in [-0.3, -0.25) is 4.79 Å². The molecule has 1 aromatic heterocycles. The Balaban J connectivity index is 1.40. The van der Waals surface area contributed by atoms with Crippen LogP contribution in [0.2, 0.25) is 0 Å². The maximum absolute atomic E-state index is 12.9. The van der Waals surface area contributed by atoms with Crippen molar-refractivity contribution in [3.05, 3.63) is 42.1 Å². The Morgan fingerprint density at radius 3 is 2.40 bits per heavy atom. The molecule has 2 aliphatic heterocycles. The predicted molar refractivity (Wildman–Crippen MR) is 115 cm³/mol. The van der Waals surface area contributed by atoms with Crippen LogP contribution < -0.4 is 9.80 Å². The molecule has 9 heteroatoms. The third-order valence-corrected chi connectivity index (χ3v) is 6.28. The van der Waals surface area contributed by atoms with Crippen molar-refractivity contribution < 1.29 is 13.6 Å². The standard InChI is InChI=1S/C21H25F2N5OS/c22-20(23)30-17-7-3-2-6-16(17)19(29)27-14-12-26(13-15-27)18-8-9-24-21(25-18)28-10-4-1-5-11-28/h2-3,6-9,20H,1,4-5,10-15H2. The lowest BCUT2D eigenvalue weighted by Crippen LogP contribution is -2.49. The van der Waals surface area contributed by atoms with E-state index in [0.717, 1.165) is 24.9 Å². The Morgan fingerprint density at radius 1 is 0.933 bits per heavy atom. The molecule has 1 amide bonds. The minimum Gasteiger partial charge on any atom is -0.353 e. The molecule has 6 nitrogen and oxygen atoms in total. The summed E-state index contributed by atoms with van der Waals surface area (Å²) in [6.45, 7) is 4.31. The van der Waals surface area contributed by atoms with Crippen molar-refractivity contribution in [3.63, 3.8) is 0 Å². The first-order valence-corrected chi connectivity index (χ1v) is 11.2. The van der Waals surface area contributed by atoms with Crippen molar-refractivity contribution in [2.45, 2.75) is 29.9 Å². The summed E-state index contributed by atoms with van der Waals surface area (Å²) in [5, 5.41) is 0. The maximum atomic E-state index is 12.9. The van der Waals surface area contributed by atoms with Gasteiger partial charge in [-0.15, -0.1) is 0 Å². The molecule has 1 aromatic carbocycles. The maximum Gasteiger partial charge on any atom is 0.288 e. The van der Waals surface area contributed by atoms with Crippen LogP contribution in [0.15, 0.2) is 41.4 Å². The number of piperidine rings is 1. The topological polar surface area (TPSA) is 52.6 Å². The highest BCUT2D eigenvalue weighted by molar-refractivity contribution is 7.99. The van der Waals surface area contributed by atoms with Gasteiger partial charge in [0.05, 0.1) is 5.56 Å². The number of piperazine rings is 1. The van der Waals surface area contributed by atoms with Crippen molar-refractivity contribution >= 4 is 29.4 Å². The van der Waals surface area contributed by atoms with Gasteiger partial charge in [-0.25, -0.2) is 4.98 Å². The highest BCUT2D eigenvalue weighted by Gasteiger charge is 2.26. The minimum atomic E-state index is -2.55. The lowest BCUT2D eigenvalue weighted by atomic mass is 10.1. The molecule has 160 valence electrons. The highest BCUT2D eigenvalue weighted by atomic mass is 32.2. The van der Waals surface area contributed by atoms with Crippen LogP contribution in [0.25, 0.3) is 0 Å². The first-order valence-electron chi connectivity index (χ1n) is 10.3. The SMILES string of the molecule is O=C(c1ccccc1SC(F)F)N1CCN(c2ccnc(N3CCCCC3)n2)CC1. The van der Waals surface area contributed by atoms with Crippen LogP contribution >= 0.6 is 11.8 Å². The number of nitrogens with zero attached hydrogens (tertiary/aromatic N) is 5. The van der Waals surface area contributed by atoms with Crippen molar-refractivity contribution in [2.75, 3.05) is 49.1 Å². The number of thioether (sulfide) groups is 1. The lowest BCUT2D eigenvalue weighted by molar-refractivity contribution is 0.0743. The normalized spacial score (nSPS) is 17.5. The second kappa shape index (κ2) is 9.59. The summed E-state index contributed by atoms with van der Waals surface area (Å²) >= 11 is 0.417. The molecular formula is C21H25F2N5OS. The average Bonchev–Trinajstić information content (AvgIpc) is 2.79. The number of hydrogen-bond acceptors (Lipinski definition) is 6. The lowest BCUT2D eigenvalue weighted by Gasteiger charge is -2.36. The van der Waals surface area contributed by atoms with Crippen molar-refractivity contribution in [2.24, 2.45) is 0 Å². The summed E-state index contributed by atoms with van der Waals surface area (Å²) in [4.78, 5) is 28.5. The Bertz CT molecular complexity index is 870. The van der Waals surface area contributed by atoms with E-state index in [1.807, 2.05) is 6.07 Å². The van der Waals surface area contributed by atoms with Crippen LogP contribution in [-0.4, -0.2) is 65.8 Å². The summed E-state index contributed by atoms with van der Waals surface area (Å²) in [7, 11) is 0. The van der Waals surface area contributed by atoms with E-state index < -0.39 is 5.76 Å². The van der Waals surface area contributed by atoms with Gasteiger partial charge >= 0.3 is 0 Å². The summed E-state index contributed by atoms with van der Waals surface area (Å²) in [6.07, 6.45) is 5.38. The quantitative estimate of drug-likeness (QED) is 0.670. The number of halogens is 2. The summed E-state index contributed by atoms with van der Waals surface area (Å²) < 4.78 is 25.7. The minimum absolute atomic E-state index is 0.199. The number of hydrogen-bond donors (Lipinski definition) is 0. The number of aromatic nitrogens is 2. The number of anilines is 2. The molecule has 2 aliphatic rings. The monoisotopic (exact) mass is 433 g/mol. The molecule has 2 fully saturated rings. The molecule has 4 rings (SSSR count). The molecule has 0 spiro atoms. The molecule has 0 saturated carbocycles. The van der Waals surface area contributed by atoms with Gasteiger partial charge in [0.1, 0.15) is 5.82 Å². The average molecular weight is 434 g/mol. The molecule has 0 bridgehead atoms. The van der Waals surface area contributed by atoms with Crippen LogP contribution in [0.3, 0.4) is 0 Å². The van der Waals surface area contributed by atoms with Crippen molar-refractivity contribution in [1.82, 2.24) is 14.9 Å². The molecular weight excluding hydrogens is 408 g/mol. The Hall–Kier alpha value is -2.42. The zero-order valence-electron chi connectivity index (χ0n) is 16.7. The number of alkyl halides is 2. The molecule has 0 unspecified atom stereocenters. The molecule has 3 heterocycles. The Labute approximate surface area is 179 Å². The van der Waals surface area contributed by atoms with E-state index in [-0.39, 0.29) is 5.91 Å². The molecule has 0 radical (unpaired) electrons. The van der Waals surface area contributed by atoms with Crippen LogP contribution in [-0.2, 0) is 0 Å². The van der Waals surface area contributed by atoms with Gasteiger partial charge < -0.3 is 14.7 Å². The zero-order valence-corrected chi connectivity index (χ0v) is 17.5. The molecule has 0 N–H and O–H groups in total. The summed E-state index contributed by atoms with van der Waals surface area (Å²) in [6, 6.07) is 8.48. The summed E-state index contributed by atoms with van der Waals surface area (Å²) in [5.41, 5.74) is 0.339. The van der Waals surface area contributed by atoms with E-state index in [0.29, 0.717) is 48.4 Å². The van der Waals surface area contributed by atoms with E-state index in [1.165, 1.54) is 19.3 Å². The van der Waals surface area contributed by atoms with Gasteiger partial charge in [-0.05, 0) is 37.5 Å². The fraction of sp³-hybridized carbons (Fsp3) is 0.476. The van der Waals surface area contributed by atoms with E-state index in [1.54, 1.807) is 35.4 Å². The second-order valence-electron chi connectivity index (χ2n) is 7.42. The van der Waals surface area contributed by atoms with Crippen LogP contribution in [0.1, 0.15) is 29.6 Å². The van der Waals surface area contributed by atoms with Crippen molar-refractivity contribution in [3.8, 4) is 0 Å².